The van der Waals surface area contributed by atoms with Crippen LogP contribution in [0.1, 0.15) is 37.7 Å². The first-order valence-electron chi connectivity index (χ1n) is 7.47. The molecule has 114 valence electrons. The van der Waals surface area contributed by atoms with E-state index in [1.54, 1.807) is 0 Å². The van der Waals surface area contributed by atoms with Crippen molar-refractivity contribution in [2.24, 2.45) is 5.92 Å². The van der Waals surface area contributed by atoms with Crippen LogP contribution >= 0.6 is 11.6 Å². The van der Waals surface area contributed by atoms with Gasteiger partial charge >= 0.3 is 6.03 Å². The molecule has 3 atom stereocenters. The molecule has 0 radical (unpaired) electrons. The predicted octanol–water partition coefficient (Wildman–Crippen LogP) is 2.66. The van der Waals surface area contributed by atoms with Gasteiger partial charge in [-0.3, -0.25) is 0 Å². The third-order valence-electron chi connectivity index (χ3n) is 4.59. The number of urea groups is 1. The smallest absolute Gasteiger partial charge is 0.315 e. The SMILES string of the molecule is CC(CO)(NC(=O)NC1CC1c1cccc(Cl)c1)C1CC1. The number of nitrogens with one attached hydrogen (secondary N) is 2. The largest absolute Gasteiger partial charge is 0.394 e. The van der Waals surface area contributed by atoms with E-state index in [1.165, 1.54) is 5.56 Å². The van der Waals surface area contributed by atoms with Crippen LogP contribution in [-0.2, 0) is 0 Å². The van der Waals surface area contributed by atoms with Crippen molar-refractivity contribution in [3.05, 3.63) is 34.9 Å². The Labute approximate surface area is 129 Å². The van der Waals surface area contributed by atoms with Gasteiger partial charge in [-0.25, -0.2) is 4.79 Å². The van der Waals surface area contributed by atoms with Gasteiger partial charge in [0.1, 0.15) is 0 Å². The van der Waals surface area contributed by atoms with E-state index in [-0.39, 0.29) is 18.7 Å². The van der Waals surface area contributed by atoms with Gasteiger partial charge in [-0.1, -0.05) is 23.7 Å². The fourth-order valence-corrected chi connectivity index (χ4v) is 3.11. The minimum Gasteiger partial charge on any atom is -0.394 e. The minimum atomic E-state index is -0.496. The van der Waals surface area contributed by atoms with E-state index < -0.39 is 5.54 Å². The van der Waals surface area contributed by atoms with E-state index in [0.29, 0.717) is 11.8 Å². The summed E-state index contributed by atoms with van der Waals surface area (Å²) < 4.78 is 0. The zero-order valence-electron chi connectivity index (χ0n) is 12.1. The Bertz CT molecular complexity index is 547. The molecule has 2 fully saturated rings. The third-order valence-corrected chi connectivity index (χ3v) is 4.82. The van der Waals surface area contributed by atoms with Crippen molar-refractivity contribution in [3.8, 4) is 0 Å². The summed E-state index contributed by atoms with van der Waals surface area (Å²) in [5.41, 5.74) is 0.671. The zero-order chi connectivity index (χ0) is 15.0. The van der Waals surface area contributed by atoms with Gasteiger partial charge in [-0.2, -0.15) is 0 Å². The number of hydrogen-bond acceptors (Lipinski definition) is 2. The topological polar surface area (TPSA) is 61.4 Å². The van der Waals surface area contributed by atoms with Crippen LogP contribution in [0.25, 0.3) is 0 Å². The van der Waals surface area contributed by atoms with Gasteiger partial charge in [0.2, 0.25) is 0 Å². The lowest BCUT2D eigenvalue weighted by Crippen LogP contribution is -2.54. The zero-order valence-corrected chi connectivity index (χ0v) is 12.9. The van der Waals surface area contributed by atoms with Crippen LogP contribution in [0.5, 0.6) is 0 Å². The molecule has 3 unspecified atom stereocenters. The van der Waals surface area contributed by atoms with Crippen molar-refractivity contribution in [2.45, 2.75) is 43.7 Å². The van der Waals surface area contributed by atoms with Crippen molar-refractivity contribution in [3.63, 3.8) is 0 Å². The van der Waals surface area contributed by atoms with Crippen LogP contribution in [0.15, 0.2) is 24.3 Å². The molecule has 2 aliphatic carbocycles. The number of aliphatic hydroxyl groups excluding tert-OH is 1. The maximum absolute atomic E-state index is 12.1. The van der Waals surface area contributed by atoms with Crippen LogP contribution in [0.2, 0.25) is 5.02 Å². The number of amides is 2. The highest BCUT2D eigenvalue weighted by atomic mass is 35.5. The number of hydrogen-bond donors (Lipinski definition) is 3. The van der Waals surface area contributed by atoms with Gasteiger partial charge in [-0.05, 0) is 49.8 Å². The fraction of sp³-hybridized carbons (Fsp3) is 0.562. The average Bonchev–Trinajstić information content (AvgIpc) is 3.32. The molecule has 2 amide bonds. The summed E-state index contributed by atoms with van der Waals surface area (Å²) in [6, 6.07) is 7.75. The molecule has 0 aliphatic heterocycles. The van der Waals surface area contributed by atoms with E-state index in [2.05, 4.69) is 10.6 Å². The number of halogens is 1. The standard InChI is InChI=1S/C16H21ClN2O2/c1-16(9-20,11-5-6-11)19-15(21)18-14-8-13(14)10-3-2-4-12(17)7-10/h2-4,7,11,13-14,20H,5-6,8-9H2,1H3,(H2,18,19,21). The maximum Gasteiger partial charge on any atom is 0.315 e. The summed E-state index contributed by atoms with van der Waals surface area (Å²) in [5, 5.41) is 16.1. The molecule has 2 aliphatic rings. The Balaban J connectivity index is 1.53. The maximum atomic E-state index is 12.1. The van der Waals surface area contributed by atoms with Gasteiger partial charge < -0.3 is 15.7 Å². The lowest BCUT2D eigenvalue weighted by molar-refractivity contribution is 0.155. The average molecular weight is 309 g/mol. The van der Waals surface area contributed by atoms with Crippen molar-refractivity contribution in [2.75, 3.05) is 6.61 Å². The van der Waals surface area contributed by atoms with Crippen molar-refractivity contribution in [1.29, 1.82) is 0 Å². The van der Waals surface area contributed by atoms with E-state index in [0.717, 1.165) is 24.3 Å². The molecule has 1 aromatic carbocycles. The van der Waals surface area contributed by atoms with Gasteiger partial charge in [0.25, 0.3) is 0 Å². The van der Waals surface area contributed by atoms with Gasteiger partial charge in [0.05, 0.1) is 12.1 Å². The van der Waals surface area contributed by atoms with Crippen LogP contribution in [-0.4, -0.2) is 29.3 Å². The molecule has 3 N–H and O–H groups in total. The van der Waals surface area contributed by atoms with E-state index >= 15 is 0 Å². The number of rotatable bonds is 5. The monoisotopic (exact) mass is 308 g/mol. The first-order chi connectivity index (χ1) is 10.0. The Hall–Kier alpha value is -1.26. The molecular formula is C16H21ClN2O2. The quantitative estimate of drug-likeness (QED) is 0.783. The lowest BCUT2D eigenvalue weighted by atomic mass is 9.97. The third kappa shape index (κ3) is 3.33. The molecule has 0 spiro atoms. The molecule has 5 heteroatoms. The van der Waals surface area contributed by atoms with Crippen molar-refractivity contribution < 1.29 is 9.90 Å². The molecule has 2 saturated carbocycles. The fourth-order valence-electron chi connectivity index (χ4n) is 2.92. The Morgan fingerprint density at radius 1 is 1.48 bits per heavy atom. The number of aliphatic hydroxyl groups is 1. The van der Waals surface area contributed by atoms with Gasteiger partial charge in [-0.15, -0.1) is 0 Å². The number of carbonyl (C=O) groups is 1. The van der Waals surface area contributed by atoms with Gasteiger partial charge in [0, 0.05) is 17.0 Å². The van der Waals surface area contributed by atoms with E-state index in [9.17, 15) is 9.90 Å². The summed E-state index contributed by atoms with van der Waals surface area (Å²) in [7, 11) is 0. The number of carbonyl (C=O) groups excluding carboxylic acids is 1. The molecule has 4 nitrogen and oxygen atoms in total. The Morgan fingerprint density at radius 2 is 2.24 bits per heavy atom. The molecule has 21 heavy (non-hydrogen) atoms. The summed E-state index contributed by atoms with van der Waals surface area (Å²) >= 11 is 5.99. The van der Waals surface area contributed by atoms with E-state index in [4.69, 9.17) is 11.6 Å². The minimum absolute atomic E-state index is 0.0204. The van der Waals surface area contributed by atoms with Crippen LogP contribution < -0.4 is 10.6 Å². The molecular weight excluding hydrogens is 288 g/mol. The Kier molecular flexibility index (Phi) is 3.84. The number of benzene rings is 1. The molecule has 1 aromatic rings. The van der Waals surface area contributed by atoms with Gasteiger partial charge in [0.15, 0.2) is 0 Å². The summed E-state index contributed by atoms with van der Waals surface area (Å²) in [6.45, 7) is 1.89. The highest BCUT2D eigenvalue weighted by Crippen LogP contribution is 2.42. The molecule has 0 aromatic heterocycles. The van der Waals surface area contributed by atoms with Crippen LogP contribution in [0.4, 0.5) is 4.79 Å². The molecule has 3 rings (SSSR count). The van der Waals surface area contributed by atoms with Crippen molar-refractivity contribution in [1.82, 2.24) is 10.6 Å². The molecule has 0 saturated heterocycles. The second-order valence-corrected chi connectivity index (χ2v) is 6.89. The molecule has 0 bridgehead atoms. The van der Waals surface area contributed by atoms with E-state index in [1.807, 2.05) is 31.2 Å². The first-order valence-corrected chi connectivity index (χ1v) is 7.84. The van der Waals surface area contributed by atoms with Crippen LogP contribution in [0.3, 0.4) is 0 Å². The summed E-state index contributed by atoms with van der Waals surface area (Å²) in [4.78, 5) is 12.1. The lowest BCUT2D eigenvalue weighted by Gasteiger charge is -2.28. The normalized spacial score (nSPS) is 26.8. The predicted molar refractivity (Wildman–Crippen MR) is 82.5 cm³/mol. The second-order valence-electron chi connectivity index (χ2n) is 6.45. The first kappa shape index (κ1) is 14.7. The summed E-state index contributed by atoms with van der Waals surface area (Å²) in [6.07, 6.45) is 3.09. The van der Waals surface area contributed by atoms with Crippen LogP contribution in [0, 0.1) is 5.92 Å². The highest BCUT2D eigenvalue weighted by molar-refractivity contribution is 6.30. The summed E-state index contributed by atoms with van der Waals surface area (Å²) in [5.74, 6) is 0.743. The van der Waals surface area contributed by atoms with Crippen molar-refractivity contribution >= 4 is 17.6 Å². The highest BCUT2D eigenvalue weighted by Gasteiger charge is 2.44. The molecule has 0 heterocycles. The Morgan fingerprint density at radius 3 is 2.86 bits per heavy atom. The second kappa shape index (κ2) is 5.50.